The van der Waals surface area contributed by atoms with E-state index in [0.717, 1.165) is 5.56 Å². The summed E-state index contributed by atoms with van der Waals surface area (Å²) in [5.41, 5.74) is 1.03. The number of allylic oxidation sites excluding steroid dienone is 1. The summed E-state index contributed by atoms with van der Waals surface area (Å²) in [5.74, 6) is -0.371. The Bertz CT molecular complexity index is 429. The predicted octanol–water partition coefficient (Wildman–Crippen LogP) is 1.77. The summed E-state index contributed by atoms with van der Waals surface area (Å²) in [6, 6.07) is 9.15. The third-order valence-corrected chi connectivity index (χ3v) is 2.66. The number of carbonyl (C=O) groups is 2. The van der Waals surface area contributed by atoms with Crippen LogP contribution in [0.1, 0.15) is 25.3 Å². The topological polar surface area (TPSA) is 58.2 Å². The van der Waals surface area contributed by atoms with E-state index in [1.165, 1.54) is 6.92 Å². The zero-order chi connectivity index (χ0) is 14.1. The van der Waals surface area contributed by atoms with Crippen LogP contribution < -0.4 is 10.6 Å². The maximum atomic E-state index is 12.0. The van der Waals surface area contributed by atoms with Crippen molar-refractivity contribution in [2.75, 3.05) is 0 Å². The van der Waals surface area contributed by atoms with Gasteiger partial charge in [-0.1, -0.05) is 36.4 Å². The van der Waals surface area contributed by atoms with Gasteiger partial charge in [0.1, 0.15) is 6.04 Å². The van der Waals surface area contributed by atoms with Crippen molar-refractivity contribution in [3.63, 3.8) is 0 Å². The van der Waals surface area contributed by atoms with Crippen LogP contribution in [0.3, 0.4) is 0 Å². The minimum absolute atomic E-state index is 0.166. The second-order valence-corrected chi connectivity index (χ2v) is 4.32. The van der Waals surface area contributed by atoms with E-state index < -0.39 is 6.04 Å². The van der Waals surface area contributed by atoms with E-state index in [9.17, 15) is 9.59 Å². The zero-order valence-electron chi connectivity index (χ0n) is 11.2. The van der Waals surface area contributed by atoms with Gasteiger partial charge in [0.05, 0.1) is 0 Å². The fourth-order valence-electron chi connectivity index (χ4n) is 1.71. The van der Waals surface area contributed by atoms with E-state index in [1.807, 2.05) is 30.3 Å². The van der Waals surface area contributed by atoms with E-state index in [2.05, 4.69) is 17.2 Å². The molecule has 0 aliphatic carbocycles. The van der Waals surface area contributed by atoms with Gasteiger partial charge in [0, 0.05) is 13.5 Å². The smallest absolute Gasteiger partial charge is 0.242 e. The molecule has 0 aliphatic heterocycles. The molecule has 1 aromatic rings. The van der Waals surface area contributed by atoms with Crippen molar-refractivity contribution in [3.05, 3.63) is 48.6 Å². The first-order chi connectivity index (χ1) is 9.13. The van der Waals surface area contributed by atoms with E-state index in [1.54, 1.807) is 6.08 Å². The summed E-state index contributed by atoms with van der Waals surface area (Å²) in [6.07, 6.45) is 2.98. The maximum Gasteiger partial charge on any atom is 0.242 e. The highest BCUT2D eigenvalue weighted by Crippen LogP contribution is 2.01. The molecule has 0 spiro atoms. The third-order valence-electron chi connectivity index (χ3n) is 2.66. The molecule has 0 aromatic heterocycles. The average Bonchev–Trinajstić information content (AvgIpc) is 2.41. The second-order valence-electron chi connectivity index (χ2n) is 4.32. The van der Waals surface area contributed by atoms with Gasteiger partial charge in [0.25, 0.3) is 0 Å². The minimum Gasteiger partial charge on any atom is -0.350 e. The Balaban J connectivity index is 2.51. The summed E-state index contributed by atoms with van der Waals surface area (Å²) in [7, 11) is 0. The van der Waals surface area contributed by atoms with Crippen LogP contribution in [0, 0.1) is 0 Å². The van der Waals surface area contributed by atoms with Crippen molar-refractivity contribution in [2.24, 2.45) is 0 Å². The molecule has 2 amide bonds. The van der Waals surface area contributed by atoms with Crippen molar-refractivity contribution in [3.8, 4) is 0 Å². The summed E-state index contributed by atoms with van der Waals surface area (Å²) in [6.45, 7) is 5.49. The molecule has 0 bridgehead atoms. The van der Waals surface area contributed by atoms with Crippen LogP contribution in [-0.2, 0) is 16.1 Å². The zero-order valence-corrected chi connectivity index (χ0v) is 11.2. The van der Waals surface area contributed by atoms with Crippen molar-refractivity contribution in [2.45, 2.75) is 32.4 Å². The highest BCUT2D eigenvalue weighted by atomic mass is 16.2. The Kier molecular flexibility index (Phi) is 6.36. The lowest BCUT2D eigenvalue weighted by atomic mass is 10.1. The van der Waals surface area contributed by atoms with Crippen molar-refractivity contribution < 1.29 is 9.59 Å². The molecule has 4 nitrogen and oxygen atoms in total. The van der Waals surface area contributed by atoms with Gasteiger partial charge in [-0.15, -0.1) is 6.58 Å². The van der Waals surface area contributed by atoms with Crippen LogP contribution >= 0.6 is 0 Å². The molecule has 1 atom stereocenters. The lowest BCUT2D eigenvalue weighted by Crippen LogP contribution is -2.45. The van der Waals surface area contributed by atoms with Crippen LogP contribution in [-0.4, -0.2) is 17.9 Å². The molecule has 0 radical (unpaired) electrons. The summed E-state index contributed by atoms with van der Waals surface area (Å²) in [4.78, 5) is 23.1. The highest BCUT2D eigenvalue weighted by Gasteiger charge is 2.17. The summed E-state index contributed by atoms with van der Waals surface area (Å²) >= 11 is 0. The van der Waals surface area contributed by atoms with Crippen molar-refractivity contribution in [1.82, 2.24) is 10.6 Å². The van der Waals surface area contributed by atoms with Crippen LogP contribution in [0.15, 0.2) is 43.0 Å². The van der Waals surface area contributed by atoms with Crippen LogP contribution in [0.2, 0.25) is 0 Å². The lowest BCUT2D eigenvalue weighted by Gasteiger charge is -2.16. The molecular formula is C15H20N2O2. The number of carbonyl (C=O) groups excluding carboxylic acids is 2. The Hall–Kier alpha value is -2.10. The van der Waals surface area contributed by atoms with Crippen LogP contribution in [0.25, 0.3) is 0 Å². The van der Waals surface area contributed by atoms with E-state index >= 15 is 0 Å². The van der Waals surface area contributed by atoms with E-state index in [0.29, 0.717) is 19.4 Å². The van der Waals surface area contributed by atoms with Gasteiger partial charge in [0.15, 0.2) is 0 Å². The van der Waals surface area contributed by atoms with Crippen LogP contribution in [0.4, 0.5) is 0 Å². The first kappa shape index (κ1) is 15.0. The first-order valence-electron chi connectivity index (χ1n) is 6.33. The van der Waals surface area contributed by atoms with Gasteiger partial charge in [0.2, 0.25) is 11.8 Å². The molecular weight excluding hydrogens is 240 g/mol. The van der Waals surface area contributed by atoms with E-state index in [4.69, 9.17) is 0 Å². The Morgan fingerprint density at radius 3 is 2.58 bits per heavy atom. The normalized spacial score (nSPS) is 11.4. The van der Waals surface area contributed by atoms with Gasteiger partial charge in [-0.25, -0.2) is 0 Å². The number of amides is 2. The second kappa shape index (κ2) is 8.08. The molecule has 0 fully saturated rings. The van der Waals surface area contributed by atoms with Crippen LogP contribution in [0.5, 0.6) is 0 Å². The SMILES string of the molecule is C=CCCC(NC(C)=O)C(=O)NCc1ccccc1. The van der Waals surface area contributed by atoms with Crippen molar-refractivity contribution in [1.29, 1.82) is 0 Å². The summed E-state index contributed by atoms with van der Waals surface area (Å²) < 4.78 is 0. The van der Waals surface area contributed by atoms with Gasteiger partial charge >= 0.3 is 0 Å². The fourth-order valence-corrected chi connectivity index (χ4v) is 1.71. The molecule has 4 heteroatoms. The molecule has 2 N–H and O–H groups in total. The molecule has 1 aromatic carbocycles. The number of hydrogen-bond donors (Lipinski definition) is 2. The van der Waals surface area contributed by atoms with Gasteiger partial charge in [-0.2, -0.15) is 0 Å². The standard InChI is InChI=1S/C15H20N2O2/c1-3-4-10-14(17-12(2)18)15(19)16-11-13-8-6-5-7-9-13/h3,5-9,14H,1,4,10-11H2,2H3,(H,16,19)(H,17,18). The quantitative estimate of drug-likeness (QED) is 0.734. The molecule has 1 rings (SSSR count). The first-order valence-corrected chi connectivity index (χ1v) is 6.33. The maximum absolute atomic E-state index is 12.0. The number of hydrogen-bond acceptors (Lipinski definition) is 2. The molecule has 19 heavy (non-hydrogen) atoms. The lowest BCUT2D eigenvalue weighted by molar-refractivity contribution is -0.128. The average molecular weight is 260 g/mol. The third kappa shape index (κ3) is 5.86. The number of benzene rings is 1. The number of nitrogens with one attached hydrogen (secondary N) is 2. The molecule has 0 saturated carbocycles. The van der Waals surface area contributed by atoms with E-state index in [-0.39, 0.29) is 11.8 Å². The van der Waals surface area contributed by atoms with Gasteiger partial charge in [-0.05, 0) is 18.4 Å². The predicted molar refractivity (Wildman–Crippen MR) is 75.3 cm³/mol. The van der Waals surface area contributed by atoms with Gasteiger partial charge < -0.3 is 10.6 Å². The molecule has 102 valence electrons. The highest BCUT2D eigenvalue weighted by molar-refractivity contribution is 5.86. The molecule has 0 aliphatic rings. The summed E-state index contributed by atoms with van der Waals surface area (Å²) in [5, 5.41) is 5.48. The minimum atomic E-state index is -0.501. The largest absolute Gasteiger partial charge is 0.350 e. The van der Waals surface area contributed by atoms with Crippen molar-refractivity contribution >= 4 is 11.8 Å². The molecule has 1 unspecified atom stereocenters. The molecule has 0 heterocycles. The molecule has 0 saturated heterocycles. The Morgan fingerprint density at radius 1 is 1.32 bits per heavy atom. The Morgan fingerprint density at radius 2 is 2.00 bits per heavy atom. The number of rotatable bonds is 7. The van der Waals surface area contributed by atoms with Gasteiger partial charge in [-0.3, -0.25) is 9.59 Å². The Labute approximate surface area is 113 Å². The fraction of sp³-hybridized carbons (Fsp3) is 0.333. The monoisotopic (exact) mass is 260 g/mol.